The predicted octanol–water partition coefficient (Wildman–Crippen LogP) is 1.27. The van der Waals surface area contributed by atoms with Gasteiger partial charge in [0.15, 0.2) is 0 Å². The van der Waals surface area contributed by atoms with E-state index in [1.165, 1.54) is 0 Å². The molecule has 0 aliphatic rings. The van der Waals surface area contributed by atoms with Crippen molar-refractivity contribution in [3.63, 3.8) is 0 Å². The van der Waals surface area contributed by atoms with E-state index in [9.17, 15) is 0 Å². The molecule has 7 heteroatoms. The molecule has 0 radical (unpaired) electrons. The van der Waals surface area contributed by atoms with Crippen LogP contribution in [-0.2, 0) is 0 Å². The number of aromatic nitrogens is 3. The summed E-state index contributed by atoms with van der Waals surface area (Å²) in [5.74, 6) is 0.867. The number of nitrogens with one attached hydrogen (secondary N) is 2. The zero-order chi connectivity index (χ0) is 14.3. The van der Waals surface area contributed by atoms with Crippen molar-refractivity contribution < 1.29 is 9.84 Å². The summed E-state index contributed by atoms with van der Waals surface area (Å²) in [4.78, 5) is 12.6. The molecule has 1 aromatic heterocycles. The summed E-state index contributed by atoms with van der Waals surface area (Å²) in [6.07, 6.45) is 0.964. The fourth-order valence-corrected chi connectivity index (χ4v) is 1.27. The van der Waals surface area contributed by atoms with E-state index in [1.54, 1.807) is 0 Å². The largest absolute Gasteiger partial charge is 0.461 e. The Kier molecular flexibility index (Phi) is 6.27. The second-order valence-electron chi connectivity index (χ2n) is 4.59. The lowest BCUT2D eigenvalue weighted by atomic mass is 10.4. The number of aliphatic hydroxyl groups is 1. The first kappa shape index (κ1) is 15.4. The Hall–Kier alpha value is -1.63. The molecular weight excluding hydrogens is 246 g/mol. The minimum atomic E-state index is -0.131. The highest BCUT2D eigenvalue weighted by Gasteiger charge is 2.10. The molecule has 0 bridgehead atoms. The normalized spacial score (nSPS) is 12.3. The molecule has 0 saturated carbocycles. The maximum atomic E-state index is 9.04. The van der Waals surface area contributed by atoms with Crippen LogP contribution in [0.25, 0.3) is 0 Å². The van der Waals surface area contributed by atoms with Gasteiger partial charge in [0.25, 0.3) is 0 Å². The highest BCUT2D eigenvalue weighted by atomic mass is 16.5. The maximum absolute atomic E-state index is 9.04. The van der Waals surface area contributed by atoms with E-state index in [4.69, 9.17) is 9.84 Å². The van der Waals surface area contributed by atoms with Crippen molar-refractivity contribution in [1.29, 1.82) is 0 Å². The van der Waals surface area contributed by atoms with Gasteiger partial charge in [0.1, 0.15) is 0 Å². The summed E-state index contributed by atoms with van der Waals surface area (Å²) in [5.41, 5.74) is 0. The minimum absolute atomic E-state index is 0.00375. The Morgan fingerprint density at radius 2 is 1.84 bits per heavy atom. The quantitative estimate of drug-likeness (QED) is 0.654. The van der Waals surface area contributed by atoms with Gasteiger partial charge in [0.2, 0.25) is 11.9 Å². The lowest BCUT2D eigenvalue weighted by Crippen LogP contribution is -2.22. The van der Waals surface area contributed by atoms with Crippen LogP contribution in [0.1, 0.15) is 34.1 Å². The predicted molar refractivity (Wildman–Crippen MR) is 74.5 cm³/mol. The highest BCUT2D eigenvalue weighted by Crippen LogP contribution is 2.13. The van der Waals surface area contributed by atoms with E-state index in [0.717, 1.165) is 13.0 Å². The summed E-state index contributed by atoms with van der Waals surface area (Å²) in [6, 6.07) is 0.143. The number of anilines is 2. The van der Waals surface area contributed by atoms with Crippen LogP contribution in [0.5, 0.6) is 6.01 Å². The third-order valence-electron chi connectivity index (χ3n) is 2.14. The van der Waals surface area contributed by atoms with Gasteiger partial charge in [0, 0.05) is 12.6 Å². The van der Waals surface area contributed by atoms with Crippen LogP contribution in [0.15, 0.2) is 0 Å². The third kappa shape index (κ3) is 5.69. The van der Waals surface area contributed by atoms with E-state index >= 15 is 0 Å². The molecule has 19 heavy (non-hydrogen) atoms. The van der Waals surface area contributed by atoms with Crippen LogP contribution < -0.4 is 15.4 Å². The first-order valence-corrected chi connectivity index (χ1v) is 6.59. The summed E-state index contributed by atoms with van der Waals surface area (Å²) < 4.78 is 5.49. The van der Waals surface area contributed by atoms with Crippen molar-refractivity contribution >= 4 is 11.9 Å². The zero-order valence-electron chi connectivity index (χ0n) is 12.0. The molecule has 1 atom stereocenters. The van der Waals surface area contributed by atoms with Crippen molar-refractivity contribution in [2.75, 3.05) is 23.8 Å². The van der Waals surface area contributed by atoms with Gasteiger partial charge in [-0.1, -0.05) is 6.92 Å². The Morgan fingerprint density at radius 1 is 1.16 bits per heavy atom. The third-order valence-corrected chi connectivity index (χ3v) is 2.14. The van der Waals surface area contributed by atoms with Gasteiger partial charge in [0.05, 0.1) is 12.7 Å². The fourth-order valence-electron chi connectivity index (χ4n) is 1.27. The van der Waals surface area contributed by atoms with Crippen molar-refractivity contribution in [1.82, 2.24) is 15.0 Å². The second-order valence-corrected chi connectivity index (χ2v) is 4.59. The number of aliphatic hydroxyl groups excluding tert-OH is 1. The Balaban J connectivity index is 2.87. The standard InChI is InChI=1S/C12H23N5O2/c1-5-6-13-10-15-11(14-9(4)7-18)17-12(16-10)19-8(2)3/h8-9,18H,5-7H2,1-4H3,(H2,13,14,15,16,17). The highest BCUT2D eigenvalue weighted by molar-refractivity contribution is 5.36. The first-order valence-electron chi connectivity index (χ1n) is 6.59. The van der Waals surface area contributed by atoms with Crippen molar-refractivity contribution in [3.05, 3.63) is 0 Å². The summed E-state index contributed by atoms with van der Waals surface area (Å²) in [7, 11) is 0. The molecule has 0 aliphatic carbocycles. The molecule has 0 fully saturated rings. The lowest BCUT2D eigenvalue weighted by molar-refractivity contribution is 0.222. The molecule has 1 heterocycles. The summed E-state index contributed by atoms with van der Waals surface area (Å²) >= 11 is 0. The van der Waals surface area contributed by atoms with Crippen LogP contribution in [0.4, 0.5) is 11.9 Å². The monoisotopic (exact) mass is 269 g/mol. The van der Waals surface area contributed by atoms with Gasteiger partial charge in [-0.15, -0.1) is 0 Å². The van der Waals surface area contributed by atoms with E-state index in [1.807, 2.05) is 20.8 Å². The Bertz CT molecular complexity index is 386. The van der Waals surface area contributed by atoms with Crippen LogP contribution in [0.2, 0.25) is 0 Å². The Labute approximate surface area is 113 Å². The second kappa shape index (κ2) is 7.73. The zero-order valence-corrected chi connectivity index (χ0v) is 12.0. The molecule has 0 spiro atoms. The fraction of sp³-hybridized carbons (Fsp3) is 0.750. The molecule has 108 valence electrons. The number of rotatable bonds is 8. The average molecular weight is 269 g/mol. The summed E-state index contributed by atoms with van der Waals surface area (Å²) in [6.45, 7) is 8.50. The number of ether oxygens (including phenoxy) is 1. The van der Waals surface area contributed by atoms with Gasteiger partial charge in [-0.3, -0.25) is 0 Å². The molecule has 7 nitrogen and oxygen atoms in total. The molecule has 0 amide bonds. The molecule has 1 rings (SSSR count). The van der Waals surface area contributed by atoms with Crippen LogP contribution >= 0.6 is 0 Å². The van der Waals surface area contributed by atoms with Crippen molar-refractivity contribution in [2.45, 2.75) is 46.3 Å². The topological polar surface area (TPSA) is 92.2 Å². The number of nitrogens with zero attached hydrogens (tertiary/aromatic N) is 3. The van der Waals surface area contributed by atoms with Gasteiger partial charge < -0.3 is 20.5 Å². The molecule has 1 aromatic rings. The molecule has 0 saturated heterocycles. The van der Waals surface area contributed by atoms with Crippen LogP contribution in [0, 0.1) is 0 Å². The number of hydrogen-bond donors (Lipinski definition) is 3. The molecular formula is C12H23N5O2. The molecule has 0 aliphatic heterocycles. The van der Waals surface area contributed by atoms with Crippen LogP contribution in [-0.4, -0.2) is 45.4 Å². The van der Waals surface area contributed by atoms with Crippen molar-refractivity contribution in [3.8, 4) is 6.01 Å². The molecule has 1 unspecified atom stereocenters. The maximum Gasteiger partial charge on any atom is 0.323 e. The van der Waals surface area contributed by atoms with Crippen LogP contribution in [0.3, 0.4) is 0 Å². The van der Waals surface area contributed by atoms with E-state index < -0.39 is 0 Å². The van der Waals surface area contributed by atoms with E-state index in [2.05, 4.69) is 32.5 Å². The first-order chi connectivity index (χ1) is 9.05. The average Bonchev–Trinajstić information content (AvgIpc) is 2.35. The van der Waals surface area contributed by atoms with Crippen molar-refractivity contribution in [2.24, 2.45) is 0 Å². The van der Waals surface area contributed by atoms with Gasteiger partial charge >= 0.3 is 6.01 Å². The van der Waals surface area contributed by atoms with Gasteiger partial charge in [-0.25, -0.2) is 0 Å². The van der Waals surface area contributed by atoms with Gasteiger partial charge in [-0.05, 0) is 27.2 Å². The molecule has 3 N–H and O–H groups in total. The Morgan fingerprint density at radius 3 is 2.42 bits per heavy atom. The molecule has 0 aromatic carbocycles. The minimum Gasteiger partial charge on any atom is -0.461 e. The number of hydrogen-bond acceptors (Lipinski definition) is 7. The lowest BCUT2D eigenvalue weighted by Gasteiger charge is -2.14. The van der Waals surface area contributed by atoms with Gasteiger partial charge in [-0.2, -0.15) is 15.0 Å². The summed E-state index contributed by atoms with van der Waals surface area (Å²) in [5, 5.41) is 15.1. The SMILES string of the molecule is CCCNc1nc(NC(C)CO)nc(OC(C)C)n1. The van der Waals surface area contributed by atoms with E-state index in [-0.39, 0.29) is 24.8 Å². The van der Waals surface area contributed by atoms with E-state index in [0.29, 0.717) is 11.9 Å². The smallest absolute Gasteiger partial charge is 0.323 e.